The highest BCUT2D eigenvalue weighted by atomic mass is 32.2. The Morgan fingerprint density at radius 2 is 1.03 bits per heavy atom. The van der Waals surface area contributed by atoms with Crippen LogP contribution in [0.3, 0.4) is 0 Å². The van der Waals surface area contributed by atoms with Crippen molar-refractivity contribution in [3.05, 3.63) is 48.5 Å². The minimum atomic E-state index is 0.106. The van der Waals surface area contributed by atoms with E-state index < -0.39 is 0 Å². The summed E-state index contributed by atoms with van der Waals surface area (Å²) in [6.07, 6.45) is 22.1. The van der Waals surface area contributed by atoms with Crippen LogP contribution >= 0.6 is 11.8 Å². The van der Waals surface area contributed by atoms with Gasteiger partial charge in [-0.2, -0.15) is 0 Å². The molecule has 0 fully saturated rings. The van der Waals surface area contributed by atoms with Gasteiger partial charge in [-0.25, -0.2) is 0 Å². The zero-order valence-corrected chi connectivity index (χ0v) is 22.7. The van der Waals surface area contributed by atoms with Gasteiger partial charge in [0.25, 0.3) is 0 Å². The summed E-state index contributed by atoms with van der Waals surface area (Å²) in [6.45, 7) is 2.28. The van der Waals surface area contributed by atoms with Gasteiger partial charge in [0.15, 0.2) is 0 Å². The molecule has 2 aromatic carbocycles. The Balaban J connectivity index is 1.40. The molecular formula is C31H47NO2S. The molecule has 0 aromatic heterocycles. The molecule has 0 atom stereocenters. The SMILES string of the molecule is CCCCCCCCCCCCCCCCCCC(=O)Nc1ccc(Sc2ccc(O)cc2)cc1. The van der Waals surface area contributed by atoms with Crippen molar-refractivity contribution in [2.24, 2.45) is 0 Å². The van der Waals surface area contributed by atoms with Gasteiger partial charge in [-0.05, 0) is 55.0 Å². The Kier molecular flexibility index (Phi) is 16.1. The van der Waals surface area contributed by atoms with Gasteiger partial charge >= 0.3 is 0 Å². The van der Waals surface area contributed by atoms with Crippen molar-refractivity contribution in [1.29, 1.82) is 0 Å². The van der Waals surface area contributed by atoms with Crippen LogP contribution in [0.4, 0.5) is 5.69 Å². The summed E-state index contributed by atoms with van der Waals surface area (Å²) >= 11 is 1.63. The number of rotatable bonds is 20. The van der Waals surface area contributed by atoms with Crippen LogP contribution in [0.5, 0.6) is 5.75 Å². The molecule has 0 saturated carbocycles. The highest BCUT2D eigenvalue weighted by molar-refractivity contribution is 7.99. The number of hydrogen-bond donors (Lipinski definition) is 2. The molecule has 0 aliphatic rings. The molecule has 35 heavy (non-hydrogen) atoms. The Labute approximate surface area is 218 Å². The summed E-state index contributed by atoms with van der Waals surface area (Å²) in [5.74, 6) is 0.381. The van der Waals surface area contributed by atoms with Gasteiger partial charge in [0.2, 0.25) is 5.91 Å². The lowest BCUT2D eigenvalue weighted by molar-refractivity contribution is -0.116. The molecule has 194 valence electrons. The lowest BCUT2D eigenvalue weighted by atomic mass is 10.0. The van der Waals surface area contributed by atoms with Crippen molar-refractivity contribution in [1.82, 2.24) is 0 Å². The van der Waals surface area contributed by atoms with Gasteiger partial charge in [0.05, 0.1) is 0 Å². The molecule has 0 saturated heterocycles. The first-order chi connectivity index (χ1) is 17.2. The maximum atomic E-state index is 12.2. The van der Waals surface area contributed by atoms with Crippen molar-refractivity contribution in [3.63, 3.8) is 0 Å². The molecule has 0 aliphatic heterocycles. The predicted octanol–water partition coefficient (Wildman–Crippen LogP) is 10.1. The number of unbranched alkanes of at least 4 members (excludes halogenated alkanes) is 15. The second-order valence-electron chi connectivity index (χ2n) is 9.72. The molecule has 2 aromatic rings. The molecule has 2 rings (SSSR count). The van der Waals surface area contributed by atoms with Gasteiger partial charge in [0.1, 0.15) is 5.75 Å². The van der Waals surface area contributed by atoms with Crippen molar-refractivity contribution in [2.75, 3.05) is 5.32 Å². The van der Waals surface area contributed by atoms with Gasteiger partial charge in [0, 0.05) is 21.9 Å². The molecule has 2 N–H and O–H groups in total. The minimum absolute atomic E-state index is 0.106. The Morgan fingerprint density at radius 1 is 0.629 bits per heavy atom. The van der Waals surface area contributed by atoms with Gasteiger partial charge < -0.3 is 10.4 Å². The minimum Gasteiger partial charge on any atom is -0.508 e. The van der Waals surface area contributed by atoms with Gasteiger partial charge in [-0.3, -0.25) is 4.79 Å². The molecule has 4 heteroatoms. The summed E-state index contributed by atoms with van der Waals surface area (Å²) < 4.78 is 0. The molecule has 0 heterocycles. The zero-order chi connectivity index (χ0) is 25.0. The van der Waals surface area contributed by atoms with E-state index in [0.29, 0.717) is 6.42 Å². The number of phenols is 1. The largest absolute Gasteiger partial charge is 0.508 e. The third kappa shape index (κ3) is 14.9. The number of benzene rings is 2. The zero-order valence-electron chi connectivity index (χ0n) is 21.9. The van der Waals surface area contributed by atoms with Crippen LogP contribution < -0.4 is 5.32 Å². The van der Waals surface area contributed by atoms with Crippen molar-refractivity contribution >= 4 is 23.4 Å². The highest BCUT2D eigenvalue weighted by Gasteiger charge is 2.04. The standard InChI is InChI=1S/C31H47NO2S/c1-2-3-4-5-6-7-8-9-10-11-12-13-14-15-16-17-18-31(34)32-27-19-23-29(24-20-27)35-30-25-21-28(33)22-26-30/h19-26,33H,2-18H2,1H3,(H,32,34). The summed E-state index contributed by atoms with van der Waals surface area (Å²) in [5.41, 5.74) is 0.849. The molecule has 0 bridgehead atoms. The third-order valence-electron chi connectivity index (χ3n) is 6.47. The van der Waals surface area contributed by atoms with E-state index in [-0.39, 0.29) is 11.7 Å². The first-order valence-corrected chi connectivity index (χ1v) is 14.9. The molecule has 3 nitrogen and oxygen atoms in total. The number of hydrogen-bond acceptors (Lipinski definition) is 3. The van der Waals surface area contributed by atoms with Crippen LogP contribution in [0.15, 0.2) is 58.3 Å². The van der Waals surface area contributed by atoms with Crippen LogP contribution in [-0.4, -0.2) is 11.0 Å². The van der Waals surface area contributed by atoms with E-state index in [1.54, 1.807) is 23.9 Å². The van der Waals surface area contributed by atoms with E-state index in [1.807, 2.05) is 36.4 Å². The summed E-state index contributed by atoms with van der Waals surface area (Å²) in [5, 5.41) is 12.4. The van der Waals surface area contributed by atoms with E-state index in [1.165, 1.54) is 89.9 Å². The number of carbonyl (C=O) groups is 1. The predicted molar refractivity (Wildman–Crippen MR) is 151 cm³/mol. The fraction of sp³-hybridized carbons (Fsp3) is 0.581. The fourth-order valence-corrected chi connectivity index (χ4v) is 5.13. The van der Waals surface area contributed by atoms with E-state index >= 15 is 0 Å². The Hall–Kier alpha value is -1.94. The lowest BCUT2D eigenvalue weighted by Crippen LogP contribution is -2.10. The van der Waals surface area contributed by atoms with E-state index in [0.717, 1.165) is 28.3 Å². The Bertz CT molecular complexity index is 789. The third-order valence-corrected chi connectivity index (χ3v) is 7.48. The van der Waals surface area contributed by atoms with Crippen LogP contribution in [0.2, 0.25) is 0 Å². The number of anilines is 1. The number of aromatic hydroxyl groups is 1. The molecular weight excluding hydrogens is 450 g/mol. The summed E-state index contributed by atoms with van der Waals surface area (Å²) in [6, 6.07) is 15.1. The summed E-state index contributed by atoms with van der Waals surface area (Å²) in [4.78, 5) is 14.4. The van der Waals surface area contributed by atoms with E-state index in [4.69, 9.17) is 0 Å². The first kappa shape index (κ1) is 29.3. The number of carbonyl (C=O) groups excluding carboxylic acids is 1. The molecule has 0 spiro atoms. The second-order valence-corrected chi connectivity index (χ2v) is 10.9. The van der Waals surface area contributed by atoms with Crippen LogP contribution in [0.1, 0.15) is 116 Å². The Morgan fingerprint density at radius 3 is 1.49 bits per heavy atom. The van der Waals surface area contributed by atoms with Gasteiger partial charge in [-0.1, -0.05) is 115 Å². The normalized spacial score (nSPS) is 11.0. The van der Waals surface area contributed by atoms with Crippen molar-refractivity contribution in [2.45, 2.75) is 126 Å². The molecule has 0 aliphatic carbocycles. The number of nitrogens with one attached hydrogen (secondary N) is 1. The van der Waals surface area contributed by atoms with Crippen LogP contribution in [0, 0.1) is 0 Å². The lowest BCUT2D eigenvalue weighted by Gasteiger charge is -2.07. The number of phenolic OH excluding ortho intramolecular Hbond substituents is 1. The van der Waals surface area contributed by atoms with Crippen LogP contribution in [-0.2, 0) is 4.79 Å². The highest BCUT2D eigenvalue weighted by Crippen LogP contribution is 2.29. The number of amides is 1. The van der Waals surface area contributed by atoms with E-state index in [9.17, 15) is 9.90 Å². The maximum Gasteiger partial charge on any atom is 0.224 e. The van der Waals surface area contributed by atoms with E-state index in [2.05, 4.69) is 12.2 Å². The van der Waals surface area contributed by atoms with Crippen molar-refractivity contribution < 1.29 is 9.90 Å². The average Bonchev–Trinajstić information content (AvgIpc) is 2.86. The fourth-order valence-electron chi connectivity index (χ4n) is 4.31. The monoisotopic (exact) mass is 497 g/mol. The van der Waals surface area contributed by atoms with Crippen molar-refractivity contribution in [3.8, 4) is 5.75 Å². The molecule has 1 amide bonds. The quantitative estimate of drug-likeness (QED) is 0.179. The average molecular weight is 498 g/mol. The second kappa shape index (κ2) is 19.3. The van der Waals surface area contributed by atoms with Gasteiger partial charge in [-0.15, -0.1) is 0 Å². The molecule has 0 radical (unpaired) electrons. The first-order valence-electron chi connectivity index (χ1n) is 14.0. The smallest absolute Gasteiger partial charge is 0.224 e. The summed E-state index contributed by atoms with van der Waals surface area (Å²) in [7, 11) is 0. The maximum absolute atomic E-state index is 12.2. The molecule has 0 unspecified atom stereocenters. The van der Waals surface area contributed by atoms with Crippen LogP contribution in [0.25, 0.3) is 0 Å². The topological polar surface area (TPSA) is 49.3 Å².